The van der Waals surface area contributed by atoms with Crippen molar-refractivity contribution >= 4 is 52.6 Å². The summed E-state index contributed by atoms with van der Waals surface area (Å²) in [7, 11) is 1.27. The van der Waals surface area contributed by atoms with Crippen molar-refractivity contribution in [2.75, 3.05) is 18.6 Å². The lowest BCUT2D eigenvalue weighted by Gasteiger charge is -2.39. The van der Waals surface area contributed by atoms with Gasteiger partial charge in [0.2, 0.25) is 5.91 Å². The number of unbranched alkanes of at least 4 members (excludes halogenated alkanes) is 1. The third-order valence-electron chi connectivity index (χ3n) is 7.69. The molecule has 4 rings (SSSR count). The molecule has 1 aliphatic carbocycles. The normalized spacial score (nSPS) is 19.2. The highest BCUT2D eigenvalue weighted by molar-refractivity contribution is 6.31. The first-order valence-corrected chi connectivity index (χ1v) is 15.4. The van der Waals surface area contributed by atoms with E-state index >= 15 is 0 Å². The van der Waals surface area contributed by atoms with E-state index in [1.54, 1.807) is 40.1 Å². The van der Waals surface area contributed by atoms with Crippen LogP contribution in [0.5, 0.6) is 0 Å². The largest absolute Gasteiger partial charge is 0.465 e. The monoisotopic (exact) mass is 640 g/mol. The van der Waals surface area contributed by atoms with Crippen LogP contribution in [0.2, 0.25) is 5.02 Å². The molecule has 0 radical (unpaired) electrons. The zero-order valence-corrected chi connectivity index (χ0v) is 27.2. The zero-order valence-electron chi connectivity index (χ0n) is 25.6. The second-order valence-corrected chi connectivity index (χ2v) is 12.9. The smallest absolute Gasteiger partial charge is 0.337 e. The number of ether oxygens (including phenoxy) is 2. The number of carbonyl (C=O) groups is 4. The number of methoxy groups -OCH3 is 1. The van der Waals surface area contributed by atoms with Crippen molar-refractivity contribution in [1.82, 2.24) is 4.90 Å². The average molecular weight is 642 g/mol. The number of hydrogen-bond donors (Lipinski definition) is 0. The van der Waals surface area contributed by atoms with E-state index in [4.69, 9.17) is 32.7 Å². The molecule has 8 nitrogen and oxygen atoms in total. The fourth-order valence-corrected chi connectivity index (χ4v) is 5.85. The highest BCUT2D eigenvalue weighted by Crippen LogP contribution is 2.39. The molecule has 10 heteroatoms. The highest BCUT2D eigenvalue weighted by Gasteiger charge is 2.45. The van der Waals surface area contributed by atoms with Crippen molar-refractivity contribution < 1.29 is 28.7 Å². The van der Waals surface area contributed by atoms with Gasteiger partial charge in [0.25, 0.3) is 5.91 Å². The van der Waals surface area contributed by atoms with Crippen molar-refractivity contribution in [2.24, 2.45) is 5.92 Å². The molecular formula is C34H38Cl2N2O6. The molecule has 3 atom stereocenters. The van der Waals surface area contributed by atoms with E-state index in [1.807, 2.05) is 52.0 Å². The van der Waals surface area contributed by atoms with Gasteiger partial charge in [-0.05, 0) is 88.9 Å². The van der Waals surface area contributed by atoms with Gasteiger partial charge in [-0.3, -0.25) is 14.4 Å². The Morgan fingerprint density at radius 1 is 1.05 bits per heavy atom. The van der Waals surface area contributed by atoms with Gasteiger partial charge in [0.15, 0.2) is 0 Å². The Kier molecular flexibility index (Phi) is 10.6. The number of carbonyl (C=O) groups excluding carboxylic acids is 4. The van der Waals surface area contributed by atoms with Crippen LogP contribution in [0.25, 0.3) is 0 Å². The molecule has 2 aromatic carbocycles. The first-order chi connectivity index (χ1) is 20.8. The van der Waals surface area contributed by atoms with Gasteiger partial charge in [-0.1, -0.05) is 47.5 Å². The van der Waals surface area contributed by atoms with Crippen molar-refractivity contribution in [3.8, 4) is 0 Å². The van der Waals surface area contributed by atoms with Crippen molar-refractivity contribution in [3.63, 3.8) is 0 Å². The summed E-state index contributed by atoms with van der Waals surface area (Å²) in [5, 5.41) is 1.12. The molecule has 0 bridgehead atoms. The van der Waals surface area contributed by atoms with Gasteiger partial charge in [-0.15, -0.1) is 0 Å². The van der Waals surface area contributed by atoms with Gasteiger partial charge < -0.3 is 19.3 Å². The molecule has 1 aliphatic heterocycles. The lowest BCUT2D eigenvalue weighted by molar-refractivity contribution is -0.154. The lowest BCUT2D eigenvalue weighted by Crippen LogP contribution is -2.53. The van der Waals surface area contributed by atoms with E-state index in [1.165, 1.54) is 13.2 Å². The summed E-state index contributed by atoms with van der Waals surface area (Å²) in [6.07, 6.45) is 7.09. The molecule has 0 saturated heterocycles. The van der Waals surface area contributed by atoms with Crippen LogP contribution in [0.1, 0.15) is 85.7 Å². The molecule has 0 aromatic heterocycles. The summed E-state index contributed by atoms with van der Waals surface area (Å²) in [5.74, 6) is -1.92. The average Bonchev–Trinajstić information content (AvgIpc) is 3.06. The number of halogens is 2. The van der Waals surface area contributed by atoms with Crippen LogP contribution in [0.3, 0.4) is 0 Å². The SMILES string of the molecule is COC(=O)c1ccc2c(c1)C(=O)N([C@H](C)c1ccc(Cl)cc1)[C@@H](C1C=CC(Cl)=CC1)C(=O)N2CCCCC(=O)OC(C)(C)C. The first-order valence-electron chi connectivity index (χ1n) is 14.7. The van der Waals surface area contributed by atoms with Gasteiger partial charge >= 0.3 is 11.9 Å². The lowest BCUT2D eigenvalue weighted by atomic mass is 9.88. The minimum atomic E-state index is -0.884. The molecule has 0 spiro atoms. The molecule has 0 fully saturated rings. The number of nitrogens with zero attached hydrogens (tertiary/aromatic N) is 2. The summed E-state index contributed by atoms with van der Waals surface area (Å²) in [4.78, 5) is 57.3. The van der Waals surface area contributed by atoms with Crippen LogP contribution < -0.4 is 4.90 Å². The minimum Gasteiger partial charge on any atom is -0.465 e. The van der Waals surface area contributed by atoms with E-state index in [2.05, 4.69) is 0 Å². The number of fused-ring (bicyclic) bond motifs is 1. The fourth-order valence-electron chi connectivity index (χ4n) is 5.57. The maximum atomic E-state index is 14.7. The molecule has 1 unspecified atom stereocenters. The Morgan fingerprint density at radius 3 is 2.36 bits per heavy atom. The summed E-state index contributed by atoms with van der Waals surface area (Å²) >= 11 is 12.4. The summed E-state index contributed by atoms with van der Waals surface area (Å²) < 4.78 is 10.4. The summed E-state index contributed by atoms with van der Waals surface area (Å²) in [6, 6.07) is 10.4. The van der Waals surface area contributed by atoms with Crippen LogP contribution in [0.15, 0.2) is 65.7 Å². The Labute approximate surface area is 268 Å². The van der Waals surface area contributed by atoms with E-state index in [-0.39, 0.29) is 41.9 Å². The van der Waals surface area contributed by atoms with Gasteiger partial charge in [0.1, 0.15) is 11.6 Å². The van der Waals surface area contributed by atoms with Crippen molar-refractivity contribution in [2.45, 2.75) is 71.1 Å². The molecule has 2 aromatic rings. The van der Waals surface area contributed by atoms with E-state index in [9.17, 15) is 19.2 Å². The Balaban J connectivity index is 1.77. The summed E-state index contributed by atoms with van der Waals surface area (Å²) in [5.41, 5.74) is 1.02. The molecule has 2 amide bonds. The Hall–Kier alpha value is -3.62. The molecule has 44 heavy (non-hydrogen) atoms. The third kappa shape index (κ3) is 7.71. The van der Waals surface area contributed by atoms with Gasteiger partial charge in [0.05, 0.1) is 30.0 Å². The zero-order chi connectivity index (χ0) is 32.2. The van der Waals surface area contributed by atoms with Crippen LogP contribution in [0.4, 0.5) is 5.69 Å². The van der Waals surface area contributed by atoms with Crippen molar-refractivity contribution in [3.05, 3.63) is 87.4 Å². The quantitative estimate of drug-likeness (QED) is 0.212. The number of rotatable bonds is 9. The van der Waals surface area contributed by atoms with Gasteiger partial charge in [0, 0.05) is 28.9 Å². The van der Waals surface area contributed by atoms with E-state index < -0.39 is 29.6 Å². The maximum absolute atomic E-state index is 14.7. The summed E-state index contributed by atoms with van der Waals surface area (Å²) in [6.45, 7) is 7.58. The Bertz CT molecular complexity index is 1480. The topological polar surface area (TPSA) is 93.2 Å². The molecule has 234 valence electrons. The molecular weight excluding hydrogens is 603 g/mol. The standard InChI is InChI=1S/C34H38Cl2N2O6/c1-21(22-9-14-25(35)15-10-22)38-30(23-11-16-26(36)17-12-23)32(41)37(19-7-6-8-29(39)44-34(2,3)4)28-18-13-24(33(42)43-5)20-27(28)31(38)40/h9-11,13-18,20-21,23,30H,6-8,12,19H2,1-5H3/t21-,23?,30+/m1/s1. The van der Waals surface area contributed by atoms with Crippen LogP contribution in [-0.4, -0.2) is 54.0 Å². The number of hydrogen-bond acceptors (Lipinski definition) is 6. The predicted molar refractivity (Wildman–Crippen MR) is 171 cm³/mol. The van der Waals surface area contributed by atoms with Gasteiger partial charge in [-0.2, -0.15) is 0 Å². The molecule has 0 N–H and O–H groups in total. The Morgan fingerprint density at radius 2 is 1.75 bits per heavy atom. The van der Waals surface area contributed by atoms with Crippen LogP contribution in [-0.2, 0) is 19.1 Å². The number of esters is 2. The number of allylic oxidation sites excluding steroid dienone is 3. The fraction of sp³-hybridized carbons (Fsp3) is 0.412. The van der Waals surface area contributed by atoms with Crippen LogP contribution >= 0.6 is 23.2 Å². The van der Waals surface area contributed by atoms with Crippen LogP contribution in [0, 0.1) is 5.92 Å². The molecule has 0 saturated carbocycles. The first kappa shape index (κ1) is 33.3. The second kappa shape index (κ2) is 14.0. The van der Waals surface area contributed by atoms with Gasteiger partial charge in [-0.25, -0.2) is 4.79 Å². The second-order valence-electron chi connectivity index (χ2n) is 12.0. The third-order valence-corrected chi connectivity index (χ3v) is 8.22. The van der Waals surface area contributed by atoms with E-state index in [0.29, 0.717) is 35.0 Å². The highest BCUT2D eigenvalue weighted by atomic mass is 35.5. The molecule has 2 aliphatic rings. The maximum Gasteiger partial charge on any atom is 0.337 e. The molecule has 1 heterocycles. The number of benzene rings is 2. The number of anilines is 1. The van der Waals surface area contributed by atoms with E-state index in [0.717, 1.165) is 5.56 Å². The van der Waals surface area contributed by atoms with Crippen molar-refractivity contribution in [1.29, 1.82) is 0 Å². The predicted octanol–water partition coefficient (Wildman–Crippen LogP) is 7.26. The minimum absolute atomic E-state index is 0.196. The number of amides is 2.